The number of amides is 1. The van der Waals surface area contributed by atoms with Crippen LogP contribution in [0.25, 0.3) is 21.3 Å². The lowest BCUT2D eigenvalue weighted by Gasteiger charge is -2.06. The zero-order valence-electron chi connectivity index (χ0n) is 15.6. The number of rotatable bonds is 5. The Bertz CT molecular complexity index is 1260. The van der Waals surface area contributed by atoms with Gasteiger partial charge in [-0.05, 0) is 31.0 Å². The molecule has 0 spiro atoms. The van der Waals surface area contributed by atoms with Crippen LogP contribution in [0.4, 0.5) is 9.52 Å². The second kappa shape index (κ2) is 7.80. The molecule has 0 saturated carbocycles. The fourth-order valence-corrected chi connectivity index (χ4v) is 4.67. The van der Waals surface area contributed by atoms with Crippen molar-refractivity contribution in [3.8, 4) is 11.1 Å². The molecule has 0 fully saturated rings. The van der Waals surface area contributed by atoms with Gasteiger partial charge in [0.2, 0.25) is 11.0 Å². The van der Waals surface area contributed by atoms with Gasteiger partial charge in [0.1, 0.15) is 22.2 Å². The van der Waals surface area contributed by atoms with Crippen molar-refractivity contribution in [2.75, 3.05) is 5.32 Å². The van der Waals surface area contributed by atoms with Crippen molar-refractivity contribution in [3.63, 3.8) is 0 Å². The van der Waals surface area contributed by atoms with Gasteiger partial charge < -0.3 is 0 Å². The number of nitrogens with zero attached hydrogens (tertiary/aromatic N) is 4. The second-order valence-electron chi connectivity index (χ2n) is 6.30. The SMILES string of the molecule is CCc1nnc(NC(=O)Cn2cnc3sc(C)c(-c4ccc(F)cc4)c3c2=O)s1. The predicted molar refractivity (Wildman–Crippen MR) is 112 cm³/mol. The van der Waals surface area contributed by atoms with Gasteiger partial charge in [0.25, 0.3) is 5.56 Å². The van der Waals surface area contributed by atoms with Gasteiger partial charge in [0.15, 0.2) is 0 Å². The van der Waals surface area contributed by atoms with Gasteiger partial charge in [-0.25, -0.2) is 9.37 Å². The van der Waals surface area contributed by atoms with E-state index in [4.69, 9.17) is 0 Å². The molecule has 4 aromatic rings. The highest BCUT2D eigenvalue weighted by Gasteiger charge is 2.18. The third-order valence-corrected chi connectivity index (χ3v) is 6.31. The highest BCUT2D eigenvalue weighted by molar-refractivity contribution is 7.19. The molecule has 7 nitrogen and oxygen atoms in total. The monoisotopic (exact) mass is 429 g/mol. The van der Waals surface area contributed by atoms with Crippen LogP contribution in [0.3, 0.4) is 0 Å². The number of anilines is 1. The first-order chi connectivity index (χ1) is 14.0. The van der Waals surface area contributed by atoms with E-state index in [1.54, 1.807) is 12.1 Å². The molecule has 10 heteroatoms. The molecular weight excluding hydrogens is 413 g/mol. The quantitative estimate of drug-likeness (QED) is 0.523. The maximum atomic E-state index is 13.3. The lowest BCUT2D eigenvalue weighted by molar-refractivity contribution is -0.116. The van der Waals surface area contributed by atoms with Crippen molar-refractivity contribution < 1.29 is 9.18 Å². The topological polar surface area (TPSA) is 89.8 Å². The summed E-state index contributed by atoms with van der Waals surface area (Å²) < 4.78 is 14.6. The zero-order valence-corrected chi connectivity index (χ0v) is 17.2. The summed E-state index contributed by atoms with van der Waals surface area (Å²) in [5.41, 5.74) is 1.13. The van der Waals surface area contributed by atoms with E-state index in [0.717, 1.165) is 21.9 Å². The van der Waals surface area contributed by atoms with Gasteiger partial charge in [-0.15, -0.1) is 21.5 Å². The standard InChI is InChI=1S/C19H16FN5O2S2/c1-3-14-23-24-19(29-14)22-13(26)8-25-9-21-17-16(18(25)27)15(10(2)28-17)11-4-6-12(20)7-5-11/h4-7,9H,3,8H2,1-2H3,(H,22,24,26). The highest BCUT2D eigenvalue weighted by atomic mass is 32.1. The number of thiophene rings is 1. The summed E-state index contributed by atoms with van der Waals surface area (Å²) in [6, 6.07) is 5.97. The van der Waals surface area contributed by atoms with Crippen LogP contribution < -0.4 is 10.9 Å². The van der Waals surface area contributed by atoms with Crippen LogP contribution >= 0.6 is 22.7 Å². The Morgan fingerprint density at radius 1 is 1.21 bits per heavy atom. The second-order valence-corrected chi connectivity index (χ2v) is 8.57. The molecule has 0 radical (unpaired) electrons. The molecule has 0 aliphatic heterocycles. The van der Waals surface area contributed by atoms with Crippen LogP contribution in [-0.4, -0.2) is 25.7 Å². The molecule has 148 valence electrons. The average molecular weight is 430 g/mol. The predicted octanol–water partition coefficient (Wildman–Crippen LogP) is 3.63. The van der Waals surface area contributed by atoms with Gasteiger partial charge in [-0.3, -0.25) is 19.5 Å². The number of halogens is 1. The number of carbonyl (C=O) groups excluding carboxylic acids is 1. The first-order valence-corrected chi connectivity index (χ1v) is 10.5. The maximum Gasteiger partial charge on any atom is 0.263 e. The first kappa shape index (κ1) is 19.3. The van der Waals surface area contributed by atoms with Crippen molar-refractivity contribution in [2.24, 2.45) is 0 Å². The van der Waals surface area contributed by atoms with E-state index in [1.807, 2.05) is 13.8 Å². The molecule has 1 N–H and O–H groups in total. The maximum absolute atomic E-state index is 13.3. The third-order valence-electron chi connectivity index (χ3n) is 4.32. The Kier molecular flexibility index (Phi) is 5.20. The lowest BCUT2D eigenvalue weighted by atomic mass is 10.0. The smallest absolute Gasteiger partial charge is 0.263 e. The lowest BCUT2D eigenvalue weighted by Crippen LogP contribution is -2.27. The molecule has 0 aliphatic carbocycles. The van der Waals surface area contributed by atoms with Crippen molar-refractivity contribution in [1.29, 1.82) is 0 Å². The summed E-state index contributed by atoms with van der Waals surface area (Å²) >= 11 is 2.69. The van der Waals surface area contributed by atoms with Crippen molar-refractivity contribution in [3.05, 3.63) is 56.6 Å². The minimum Gasteiger partial charge on any atom is -0.299 e. The zero-order chi connectivity index (χ0) is 20.5. The van der Waals surface area contributed by atoms with Gasteiger partial charge in [0.05, 0.1) is 11.7 Å². The molecule has 0 saturated heterocycles. The van der Waals surface area contributed by atoms with Crippen molar-refractivity contribution in [1.82, 2.24) is 19.7 Å². The molecule has 0 atom stereocenters. The Balaban J connectivity index is 1.68. The molecule has 3 heterocycles. The molecular formula is C19H16FN5O2S2. The molecule has 29 heavy (non-hydrogen) atoms. The van der Waals surface area contributed by atoms with E-state index < -0.39 is 0 Å². The van der Waals surface area contributed by atoms with Gasteiger partial charge in [-0.1, -0.05) is 30.4 Å². The highest BCUT2D eigenvalue weighted by Crippen LogP contribution is 2.35. The summed E-state index contributed by atoms with van der Waals surface area (Å²) in [5, 5.41) is 12.2. The summed E-state index contributed by atoms with van der Waals surface area (Å²) in [7, 11) is 0. The number of nitrogens with one attached hydrogen (secondary N) is 1. The molecule has 1 amide bonds. The van der Waals surface area contributed by atoms with Crippen molar-refractivity contribution in [2.45, 2.75) is 26.8 Å². The summed E-state index contributed by atoms with van der Waals surface area (Å²) in [4.78, 5) is 31.3. The summed E-state index contributed by atoms with van der Waals surface area (Å²) in [6.45, 7) is 3.65. The Labute approximate surface area is 172 Å². The average Bonchev–Trinajstić information content (AvgIpc) is 3.28. The van der Waals surface area contributed by atoms with Gasteiger partial charge >= 0.3 is 0 Å². The first-order valence-electron chi connectivity index (χ1n) is 8.83. The molecule has 4 rings (SSSR count). The van der Waals surface area contributed by atoms with Gasteiger partial charge in [0, 0.05) is 10.4 Å². The number of benzene rings is 1. The van der Waals surface area contributed by atoms with E-state index in [0.29, 0.717) is 20.9 Å². The van der Waals surface area contributed by atoms with Crippen LogP contribution in [0, 0.1) is 12.7 Å². The van der Waals surface area contributed by atoms with E-state index in [1.165, 1.54) is 45.7 Å². The van der Waals surface area contributed by atoms with E-state index in [9.17, 15) is 14.0 Å². The largest absolute Gasteiger partial charge is 0.299 e. The van der Waals surface area contributed by atoms with Crippen LogP contribution in [0.1, 0.15) is 16.8 Å². The number of aryl methyl sites for hydroxylation is 2. The van der Waals surface area contributed by atoms with Crippen LogP contribution in [0.15, 0.2) is 35.4 Å². The third kappa shape index (κ3) is 3.81. The number of carbonyl (C=O) groups is 1. The van der Waals surface area contributed by atoms with Gasteiger partial charge in [-0.2, -0.15) is 0 Å². The normalized spacial score (nSPS) is 11.1. The number of fused-ring (bicyclic) bond motifs is 1. The molecule has 3 aromatic heterocycles. The molecule has 0 bridgehead atoms. The van der Waals surface area contributed by atoms with Crippen LogP contribution in [0.2, 0.25) is 0 Å². The molecule has 0 aliphatic rings. The van der Waals surface area contributed by atoms with Crippen molar-refractivity contribution >= 4 is 43.9 Å². The minimum atomic E-state index is -0.387. The molecule has 0 unspecified atom stereocenters. The Morgan fingerprint density at radius 3 is 2.66 bits per heavy atom. The number of aromatic nitrogens is 4. The number of hydrogen-bond acceptors (Lipinski definition) is 7. The summed E-state index contributed by atoms with van der Waals surface area (Å²) in [6.07, 6.45) is 2.10. The summed E-state index contributed by atoms with van der Waals surface area (Å²) in [5.74, 6) is -0.733. The minimum absolute atomic E-state index is 0.194. The fourth-order valence-electron chi connectivity index (χ4n) is 2.97. The van der Waals surface area contributed by atoms with E-state index >= 15 is 0 Å². The fraction of sp³-hybridized carbons (Fsp3) is 0.211. The Hall–Kier alpha value is -2.98. The van der Waals surface area contributed by atoms with Crippen LogP contribution in [0.5, 0.6) is 0 Å². The molecule has 1 aromatic carbocycles. The number of hydrogen-bond donors (Lipinski definition) is 1. The van der Waals surface area contributed by atoms with Crippen LogP contribution in [-0.2, 0) is 17.8 Å². The van der Waals surface area contributed by atoms with E-state index in [-0.39, 0.29) is 23.8 Å². The Morgan fingerprint density at radius 2 is 1.97 bits per heavy atom. The van der Waals surface area contributed by atoms with E-state index in [2.05, 4.69) is 20.5 Å².